The van der Waals surface area contributed by atoms with Crippen LogP contribution in [-0.4, -0.2) is 43.4 Å². The fourth-order valence-corrected chi connectivity index (χ4v) is 3.18. The lowest BCUT2D eigenvalue weighted by Gasteiger charge is -2.52. The van der Waals surface area contributed by atoms with E-state index in [1.165, 1.54) is 25.7 Å². The van der Waals surface area contributed by atoms with Crippen molar-refractivity contribution in [2.75, 3.05) is 32.8 Å². The van der Waals surface area contributed by atoms with Crippen molar-refractivity contribution in [3.05, 3.63) is 0 Å². The summed E-state index contributed by atoms with van der Waals surface area (Å²) in [5, 5.41) is 2.31. The highest BCUT2D eigenvalue weighted by Gasteiger charge is 2.46. The first-order chi connectivity index (χ1) is 8.10. The zero-order valence-corrected chi connectivity index (χ0v) is 11.3. The van der Waals surface area contributed by atoms with Gasteiger partial charge in [-0.15, -0.1) is 0 Å². The summed E-state index contributed by atoms with van der Waals surface area (Å²) in [7, 11) is 0. The van der Waals surface area contributed by atoms with E-state index in [0.29, 0.717) is 0 Å². The van der Waals surface area contributed by atoms with E-state index in [1.807, 2.05) is 0 Å². The van der Waals surface area contributed by atoms with Crippen molar-refractivity contribution in [1.82, 2.24) is 10.4 Å². The smallest absolute Gasteiger partial charge is 0.0608 e. The number of hydrazine groups is 1. The Morgan fingerprint density at radius 2 is 1.82 bits per heavy atom. The van der Waals surface area contributed by atoms with Crippen LogP contribution in [0, 0.1) is 5.41 Å². The van der Waals surface area contributed by atoms with Crippen molar-refractivity contribution in [3.63, 3.8) is 0 Å². The van der Waals surface area contributed by atoms with Gasteiger partial charge in [0, 0.05) is 25.2 Å². The molecule has 2 aliphatic rings. The van der Waals surface area contributed by atoms with Crippen LogP contribution >= 0.6 is 0 Å². The molecule has 0 aromatic carbocycles. The summed E-state index contributed by atoms with van der Waals surface area (Å²) in [6, 6.07) is 0. The number of ether oxygens (including phenoxy) is 1. The fourth-order valence-electron chi connectivity index (χ4n) is 3.18. The number of rotatable bonds is 3. The highest BCUT2D eigenvalue weighted by Crippen LogP contribution is 2.43. The van der Waals surface area contributed by atoms with Crippen molar-refractivity contribution in [3.8, 4) is 0 Å². The van der Waals surface area contributed by atoms with E-state index in [4.69, 9.17) is 10.5 Å². The van der Waals surface area contributed by atoms with Crippen LogP contribution in [0.25, 0.3) is 0 Å². The Labute approximate surface area is 105 Å². The minimum Gasteiger partial charge on any atom is -0.379 e. The first kappa shape index (κ1) is 13.3. The molecule has 100 valence electrons. The van der Waals surface area contributed by atoms with E-state index < -0.39 is 0 Å². The number of nitrogens with zero attached hydrogens (tertiary/aromatic N) is 1. The monoisotopic (exact) mass is 241 g/mol. The molecule has 0 bridgehead atoms. The third kappa shape index (κ3) is 2.65. The van der Waals surface area contributed by atoms with E-state index in [-0.39, 0.29) is 11.0 Å². The first-order valence-corrected chi connectivity index (χ1v) is 6.90. The number of morpholine rings is 1. The molecule has 3 N–H and O–H groups in total. The van der Waals surface area contributed by atoms with E-state index >= 15 is 0 Å². The number of hydrogen-bond donors (Lipinski definition) is 2. The van der Waals surface area contributed by atoms with Gasteiger partial charge in [0.15, 0.2) is 0 Å². The van der Waals surface area contributed by atoms with Crippen molar-refractivity contribution in [2.24, 2.45) is 11.1 Å². The second-order valence-electron chi connectivity index (χ2n) is 6.09. The molecular formula is C13H27N3O. The third-order valence-corrected chi connectivity index (χ3v) is 4.68. The predicted molar refractivity (Wildman–Crippen MR) is 69.6 cm³/mol. The minimum absolute atomic E-state index is 0.0720. The van der Waals surface area contributed by atoms with Gasteiger partial charge >= 0.3 is 0 Å². The van der Waals surface area contributed by atoms with Crippen LogP contribution in [0.5, 0.6) is 0 Å². The summed E-state index contributed by atoms with van der Waals surface area (Å²) in [6.45, 7) is 9.02. The summed E-state index contributed by atoms with van der Waals surface area (Å²) < 4.78 is 5.39. The molecule has 0 aromatic heterocycles. The molecule has 1 unspecified atom stereocenters. The highest BCUT2D eigenvalue weighted by atomic mass is 16.5. The molecule has 4 nitrogen and oxygen atoms in total. The third-order valence-electron chi connectivity index (χ3n) is 4.68. The maximum atomic E-state index is 6.11. The van der Waals surface area contributed by atoms with Crippen molar-refractivity contribution in [2.45, 2.75) is 45.1 Å². The fraction of sp³-hybridized carbons (Fsp3) is 1.00. The Kier molecular flexibility index (Phi) is 4.08. The van der Waals surface area contributed by atoms with Gasteiger partial charge in [0.25, 0.3) is 0 Å². The van der Waals surface area contributed by atoms with Crippen LogP contribution in [0.15, 0.2) is 0 Å². The van der Waals surface area contributed by atoms with Gasteiger partial charge in [-0.05, 0) is 18.3 Å². The van der Waals surface area contributed by atoms with Crippen molar-refractivity contribution >= 4 is 0 Å². The molecular weight excluding hydrogens is 214 g/mol. The highest BCUT2D eigenvalue weighted by molar-refractivity contribution is 5.03. The Morgan fingerprint density at radius 3 is 2.41 bits per heavy atom. The summed E-state index contributed by atoms with van der Waals surface area (Å²) in [6.07, 6.45) is 5.08. The topological polar surface area (TPSA) is 50.5 Å². The number of nitrogens with one attached hydrogen (secondary N) is 1. The Balaban J connectivity index is 2.06. The van der Waals surface area contributed by atoms with Gasteiger partial charge in [0.05, 0.1) is 13.2 Å². The van der Waals surface area contributed by atoms with Gasteiger partial charge in [0.1, 0.15) is 0 Å². The van der Waals surface area contributed by atoms with E-state index in [0.717, 1.165) is 32.8 Å². The van der Waals surface area contributed by atoms with Crippen LogP contribution in [0.4, 0.5) is 0 Å². The summed E-state index contributed by atoms with van der Waals surface area (Å²) >= 11 is 0. The molecule has 1 saturated carbocycles. The van der Waals surface area contributed by atoms with Gasteiger partial charge in [0.2, 0.25) is 0 Å². The Bertz CT molecular complexity index is 251. The lowest BCUT2D eigenvalue weighted by Crippen LogP contribution is -2.67. The van der Waals surface area contributed by atoms with Crippen LogP contribution in [0.1, 0.15) is 39.5 Å². The summed E-state index contributed by atoms with van der Waals surface area (Å²) in [5.74, 6) is 0. The van der Waals surface area contributed by atoms with E-state index in [2.05, 4.69) is 24.3 Å². The first-order valence-electron chi connectivity index (χ1n) is 6.90. The van der Waals surface area contributed by atoms with E-state index in [9.17, 15) is 0 Å². The molecule has 0 spiro atoms. The van der Waals surface area contributed by atoms with Gasteiger partial charge in [-0.25, -0.2) is 10.4 Å². The zero-order valence-electron chi connectivity index (χ0n) is 11.3. The normalized spacial score (nSPS) is 34.8. The summed E-state index contributed by atoms with van der Waals surface area (Å²) in [5.41, 5.74) is 10.2. The molecule has 1 aliphatic carbocycles. The largest absolute Gasteiger partial charge is 0.379 e. The summed E-state index contributed by atoms with van der Waals surface area (Å²) in [4.78, 5) is 0. The average molecular weight is 241 g/mol. The molecule has 4 heteroatoms. The lowest BCUT2D eigenvalue weighted by molar-refractivity contribution is -0.0530. The van der Waals surface area contributed by atoms with Crippen molar-refractivity contribution < 1.29 is 4.74 Å². The molecule has 17 heavy (non-hydrogen) atoms. The van der Waals surface area contributed by atoms with Crippen LogP contribution in [-0.2, 0) is 4.74 Å². The van der Waals surface area contributed by atoms with Gasteiger partial charge in [-0.1, -0.05) is 26.7 Å². The average Bonchev–Trinajstić information content (AvgIpc) is 2.33. The Morgan fingerprint density at radius 1 is 1.18 bits per heavy atom. The second kappa shape index (κ2) is 5.22. The SMILES string of the molecule is CC1(C)CCCCC1(CN)NN1CCOCC1. The van der Waals surface area contributed by atoms with Crippen molar-refractivity contribution in [1.29, 1.82) is 0 Å². The van der Waals surface area contributed by atoms with Crippen LogP contribution in [0.3, 0.4) is 0 Å². The molecule has 1 heterocycles. The number of nitrogens with two attached hydrogens (primary N) is 1. The maximum absolute atomic E-state index is 6.11. The lowest BCUT2D eigenvalue weighted by atomic mass is 9.63. The van der Waals surface area contributed by atoms with Gasteiger partial charge in [-0.2, -0.15) is 0 Å². The standard InChI is InChI=1S/C13H27N3O/c1-12(2)5-3-4-6-13(12,11-14)15-16-7-9-17-10-8-16/h15H,3-11,14H2,1-2H3. The predicted octanol–water partition coefficient (Wildman–Crippen LogP) is 1.12. The minimum atomic E-state index is 0.0720. The van der Waals surface area contributed by atoms with E-state index in [1.54, 1.807) is 0 Å². The second-order valence-corrected chi connectivity index (χ2v) is 6.09. The Hall–Kier alpha value is -0.160. The molecule has 0 radical (unpaired) electrons. The van der Waals surface area contributed by atoms with Gasteiger partial charge < -0.3 is 10.5 Å². The molecule has 2 rings (SSSR count). The van der Waals surface area contributed by atoms with Crippen LogP contribution in [0.2, 0.25) is 0 Å². The number of hydrogen-bond acceptors (Lipinski definition) is 4. The zero-order chi connectivity index (χ0) is 12.4. The molecule has 1 aliphatic heterocycles. The molecule has 1 saturated heterocycles. The molecule has 2 fully saturated rings. The molecule has 0 aromatic rings. The molecule has 1 atom stereocenters. The van der Waals surface area contributed by atoms with Crippen LogP contribution < -0.4 is 11.2 Å². The molecule has 0 amide bonds. The van der Waals surface area contributed by atoms with Gasteiger partial charge in [-0.3, -0.25) is 0 Å². The quantitative estimate of drug-likeness (QED) is 0.777. The maximum Gasteiger partial charge on any atom is 0.0608 e.